The van der Waals surface area contributed by atoms with E-state index in [2.05, 4.69) is 10.6 Å². The SMILES string of the molecule is CO[C@H]1CN(C)C(=O)c2cc(NC(=O)Nc3ccccc3)ccc2OC[C@H](C)N(C(C)=O)C[C@@H]1C. The van der Waals surface area contributed by atoms with Crippen molar-refractivity contribution in [3.63, 3.8) is 0 Å². The molecule has 2 aromatic rings. The number of likely N-dealkylation sites (N-methyl/N-ethyl adjacent to an activating group) is 1. The lowest BCUT2D eigenvalue weighted by Crippen LogP contribution is -2.48. The van der Waals surface area contributed by atoms with E-state index < -0.39 is 6.03 Å². The van der Waals surface area contributed by atoms with E-state index in [9.17, 15) is 14.4 Å². The number of carbonyl (C=O) groups is 3. The summed E-state index contributed by atoms with van der Waals surface area (Å²) in [6.45, 7) is 6.51. The van der Waals surface area contributed by atoms with Gasteiger partial charge in [0.15, 0.2) is 0 Å². The molecule has 0 fully saturated rings. The van der Waals surface area contributed by atoms with Crippen LogP contribution in [0.3, 0.4) is 0 Å². The first-order chi connectivity index (χ1) is 16.7. The molecule has 0 saturated carbocycles. The van der Waals surface area contributed by atoms with Crippen LogP contribution in [0.1, 0.15) is 31.1 Å². The van der Waals surface area contributed by atoms with Gasteiger partial charge in [-0.15, -0.1) is 0 Å². The van der Waals surface area contributed by atoms with E-state index in [0.29, 0.717) is 35.8 Å². The van der Waals surface area contributed by atoms with Gasteiger partial charge in [0, 0.05) is 51.5 Å². The number of hydrogen-bond donors (Lipinski definition) is 2. The minimum Gasteiger partial charge on any atom is -0.491 e. The number of rotatable bonds is 3. The molecular weight excluding hydrogens is 448 g/mol. The molecule has 4 amide bonds. The summed E-state index contributed by atoms with van der Waals surface area (Å²) >= 11 is 0. The van der Waals surface area contributed by atoms with Gasteiger partial charge in [0.2, 0.25) is 5.91 Å². The lowest BCUT2D eigenvalue weighted by atomic mass is 10.0. The van der Waals surface area contributed by atoms with Crippen molar-refractivity contribution < 1.29 is 23.9 Å². The molecule has 0 unspecified atom stereocenters. The second-order valence-corrected chi connectivity index (χ2v) is 8.92. The number of amides is 4. The zero-order valence-electron chi connectivity index (χ0n) is 20.9. The number of benzene rings is 2. The molecule has 2 N–H and O–H groups in total. The summed E-state index contributed by atoms with van der Waals surface area (Å²) in [4.78, 5) is 41.5. The molecule has 0 bridgehead atoms. The Morgan fingerprint density at radius 2 is 1.71 bits per heavy atom. The molecule has 188 valence electrons. The van der Waals surface area contributed by atoms with Crippen molar-refractivity contribution >= 4 is 29.2 Å². The van der Waals surface area contributed by atoms with Gasteiger partial charge in [0.25, 0.3) is 5.91 Å². The average Bonchev–Trinajstić information content (AvgIpc) is 2.83. The van der Waals surface area contributed by atoms with Crippen LogP contribution in [0.25, 0.3) is 0 Å². The summed E-state index contributed by atoms with van der Waals surface area (Å²) in [5.41, 5.74) is 1.42. The largest absolute Gasteiger partial charge is 0.491 e. The molecular formula is C26H34N4O5. The molecule has 1 aliphatic rings. The summed E-state index contributed by atoms with van der Waals surface area (Å²) in [6, 6.07) is 13.4. The summed E-state index contributed by atoms with van der Waals surface area (Å²) in [5.74, 6) is 0.0792. The number of hydrogen-bond acceptors (Lipinski definition) is 5. The number of nitrogens with one attached hydrogen (secondary N) is 2. The summed E-state index contributed by atoms with van der Waals surface area (Å²) < 4.78 is 11.7. The van der Waals surface area contributed by atoms with Gasteiger partial charge in [-0.25, -0.2) is 4.79 Å². The van der Waals surface area contributed by atoms with E-state index in [1.807, 2.05) is 32.0 Å². The van der Waals surface area contributed by atoms with Crippen LogP contribution in [0.15, 0.2) is 48.5 Å². The van der Waals surface area contributed by atoms with Gasteiger partial charge in [-0.3, -0.25) is 9.59 Å². The Bertz CT molecular complexity index is 1050. The van der Waals surface area contributed by atoms with Crippen LogP contribution in [0.5, 0.6) is 5.75 Å². The molecule has 3 rings (SSSR count). The van der Waals surface area contributed by atoms with Gasteiger partial charge in [-0.1, -0.05) is 25.1 Å². The number of methoxy groups -OCH3 is 1. The summed E-state index contributed by atoms with van der Waals surface area (Å²) in [5, 5.41) is 5.52. The molecule has 0 saturated heterocycles. The Morgan fingerprint density at radius 1 is 1.03 bits per heavy atom. The Kier molecular flexibility index (Phi) is 8.70. The molecule has 35 heavy (non-hydrogen) atoms. The normalized spacial score (nSPS) is 21.2. The van der Waals surface area contributed by atoms with Crippen LogP contribution in [-0.4, -0.2) is 73.6 Å². The zero-order chi connectivity index (χ0) is 25.5. The number of urea groups is 1. The maximum atomic E-state index is 13.4. The number of anilines is 2. The zero-order valence-corrected chi connectivity index (χ0v) is 20.9. The Labute approximate surface area is 206 Å². The highest BCUT2D eigenvalue weighted by molar-refractivity contribution is 6.02. The maximum absolute atomic E-state index is 13.4. The van der Waals surface area contributed by atoms with Crippen molar-refractivity contribution in [2.75, 3.05) is 44.5 Å². The minimum atomic E-state index is -0.426. The van der Waals surface area contributed by atoms with Crippen molar-refractivity contribution in [1.29, 1.82) is 0 Å². The van der Waals surface area contributed by atoms with E-state index in [-0.39, 0.29) is 36.5 Å². The predicted octanol–water partition coefficient (Wildman–Crippen LogP) is 3.68. The third-order valence-electron chi connectivity index (χ3n) is 6.14. The molecule has 3 atom stereocenters. The van der Waals surface area contributed by atoms with Crippen molar-refractivity contribution in [2.45, 2.75) is 32.9 Å². The third kappa shape index (κ3) is 6.73. The van der Waals surface area contributed by atoms with E-state index in [0.717, 1.165) is 0 Å². The van der Waals surface area contributed by atoms with Gasteiger partial charge in [0.1, 0.15) is 12.4 Å². The molecule has 9 heteroatoms. The number of nitrogens with zero attached hydrogens (tertiary/aromatic N) is 2. The molecule has 1 aliphatic heterocycles. The topological polar surface area (TPSA) is 100 Å². The van der Waals surface area contributed by atoms with E-state index in [4.69, 9.17) is 9.47 Å². The standard InChI is InChI=1S/C26H34N4O5/c1-17-14-30(19(3)31)18(2)16-35-23-12-11-21(28-26(33)27-20-9-7-6-8-10-20)13-22(23)25(32)29(4)15-24(17)34-5/h6-13,17-18,24H,14-16H2,1-5H3,(H2,27,28,33)/t17-,18-,24-/m0/s1. The molecule has 0 aromatic heterocycles. The van der Waals surface area contributed by atoms with Crippen LogP contribution in [0.2, 0.25) is 0 Å². The number of carbonyl (C=O) groups excluding carboxylic acids is 3. The first kappa shape index (κ1) is 26.0. The van der Waals surface area contributed by atoms with E-state index in [1.165, 1.54) is 0 Å². The summed E-state index contributed by atoms with van der Waals surface area (Å²) in [6.07, 6.45) is -0.264. The van der Waals surface area contributed by atoms with E-state index in [1.54, 1.807) is 61.2 Å². The molecule has 2 aromatic carbocycles. The Hall–Kier alpha value is -3.59. The molecule has 0 spiro atoms. The van der Waals surface area contributed by atoms with Crippen molar-refractivity contribution in [3.05, 3.63) is 54.1 Å². The lowest BCUT2D eigenvalue weighted by Gasteiger charge is -2.35. The second-order valence-electron chi connectivity index (χ2n) is 8.92. The highest BCUT2D eigenvalue weighted by Crippen LogP contribution is 2.26. The van der Waals surface area contributed by atoms with Crippen LogP contribution in [0, 0.1) is 5.92 Å². The fourth-order valence-electron chi connectivity index (χ4n) is 4.11. The molecule has 9 nitrogen and oxygen atoms in total. The predicted molar refractivity (Wildman–Crippen MR) is 135 cm³/mol. The Morgan fingerprint density at radius 3 is 2.37 bits per heavy atom. The van der Waals surface area contributed by atoms with Crippen LogP contribution in [-0.2, 0) is 9.53 Å². The van der Waals surface area contributed by atoms with Crippen molar-refractivity contribution in [1.82, 2.24) is 9.80 Å². The fourth-order valence-corrected chi connectivity index (χ4v) is 4.11. The maximum Gasteiger partial charge on any atom is 0.323 e. The number of fused-ring (bicyclic) bond motifs is 1. The van der Waals surface area contributed by atoms with Gasteiger partial charge in [0.05, 0.1) is 17.7 Å². The third-order valence-corrected chi connectivity index (χ3v) is 6.14. The fraction of sp³-hybridized carbons (Fsp3) is 0.423. The molecule has 1 heterocycles. The van der Waals surface area contributed by atoms with Crippen LogP contribution < -0.4 is 15.4 Å². The first-order valence-corrected chi connectivity index (χ1v) is 11.6. The monoisotopic (exact) mass is 482 g/mol. The molecule has 0 radical (unpaired) electrons. The van der Waals surface area contributed by atoms with Crippen molar-refractivity contribution in [2.24, 2.45) is 5.92 Å². The highest BCUT2D eigenvalue weighted by atomic mass is 16.5. The van der Waals surface area contributed by atoms with Gasteiger partial charge < -0.3 is 29.9 Å². The van der Waals surface area contributed by atoms with Gasteiger partial charge in [-0.2, -0.15) is 0 Å². The van der Waals surface area contributed by atoms with Gasteiger partial charge >= 0.3 is 6.03 Å². The minimum absolute atomic E-state index is 0.00446. The summed E-state index contributed by atoms with van der Waals surface area (Å²) in [7, 11) is 3.31. The van der Waals surface area contributed by atoms with Crippen LogP contribution in [0.4, 0.5) is 16.2 Å². The number of para-hydroxylation sites is 1. The Balaban J connectivity index is 1.88. The quantitative estimate of drug-likeness (QED) is 0.695. The number of ether oxygens (including phenoxy) is 2. The van der Waals surface area contributed by atoms with Crippen LogP contribution >= 0.6 is 0 Å². The second kappa shape index (κ2) is 11.7. The smallest absolute Gasteiger partial charge is 0.323 e. The van der Waals surface area contributed by atoms with Crippen molar-refractivity contribution in [3.8, 4) is 5.75 Å². The van der Waals surface area contributed by atoms with E-state index >= 15 is 0 Å². The van der Waals surface area contributed by atoms with Gasteiger partial charge in [-0.05, 0) is 37.3 Å². The first-order valence-electron chi connectivity index (χ1n) is 11.6. The lowest BCUT2D eigenvalue weighted by molar-refractivity contribution is -0.133. The molecule has 0 aliphatic carbocycles. The highest BCUT2D eigenvalue weighted by Gasteiger charge is 2.29. The average molecular weight is 483 g/mol.